The van der Waals surface area contributed by atoms with Crippen LogP contribution >= 0.6 is 0 Å². The van der Waals surface area contributed by atoms with Gasteiger partial charge in [0.15, 0.2) is 6.04 Å². The van der Waals surface area contributed by atoms with Crippen molar-refractivity contribution in [3.8, 4) is 0 Å². The first-order chi connectivity index (χ1) is 5.13. The van der Waals surface area contributed by atoms with E-state index in [1.165, 1.54) is 6.08 Å². The van der Waals surface area contributed by atoms with E-state index in [0.717, 1.165) is 0 Å². The number of hydrogen-bond acceptors (Lipinski definition) is 3. The van der Waals surface area contributed by atoms with E-state index in [1.54, 1.807) is 6.92 Å². The summed E-state index contributed by atoms with van der Waals surface area (Å²) in [7, 11) is 0. The minimum absolute atomic E-state index is 0.117. The van der Waals surface area contributed by atoms with Gasteiger partial charge < -0.3 is 5.11 Å². The van der Waals surface area contributed by atoms with E-state index in [0.29, 0.717) is 6.42 Å². The van der Waals surface area contributed by atoms with Crippen LogP contribution in [0.1, 0.15) is 20.3 Å². The highest BCUT2D eigenvalue weighted by molar-refractivity contribution is 5.75. The fourth-order valence-electron chi connectivity index (χ4n) is 0.706. The molecule has 0 saturated heterocycles. The van der Waals surface area contributed by atoms with Crippen molar-refractivity contribution >= 4 is 12.0 Å². The second-order valence-corrected chi connectivity index (χ2v) is 2.39. The molecule has 1 unspecified atom stereocenters. The van der Waals surface area contributed by atoms with E-state index in [1.807, 2.05) is 6.92 Å². The molecule has 0 aromatic heterocycles. The van der Waals surface area contributed by atoms with Crippen LogP contribution in [0.5, 0.6) is 0 Å². The molecule has 1 N–H and O–H groups in total. The summed E-state index contributed by atoms with van der Waals surface area (Å²) in [5.74, 6) is -1.18. The Morgan fingerprint density at radius 2 is 2.27 bits per heavy atom. The third-order valence-corrected chi connectivity index (χ3v) is 1.63. The Hall–Kier alpha value is -1.15. The van der Waals surface area contributed by atoms with Gasteiger partial charge in [0.05, 0.1) is 0 Å². The summed E-state index contributed by atoms with van der Waals surface area (Å²) in [6, 6.07) is -0.933. The number of carboxylic acids is 1. The lowest BCUT2D eigenvalue weighted by atomic mass is 10.0. The number of nitrogens with zero attached hydrogens (tertiary/aromatic N) is 1. The van der Waals surface area contributed by atoms with Crippen molar-refractivity contribution in [2.75, 3.05) is 0 Å². The SMILES string of the molecule is CC[C@H](C)C(N=C=O)C(=O)O. The Morgan fingerprint density at radius 1 is 1.73 bits per heavy atom. The highest BCUT2D eigenvalue weighted by atomic mass is 16.4. The summed E-state index contributed by atoms with van der Waals surface area (Å²) < 4.78 is 0. The number of isocyanates is 1. The molecule has 0 fully saturated rings. The Labute approximate surface area is 64.9 Å². The predicted molar refractivity (Wildman–Crippen MR) is 39.0 cm³/mol. The Kier molecular flexibility index (Phi) is 4.15. The number of hydrogen-bond donors (Lipinski definition) is 1. The summed E-state index contributed by atoms with van der Waals surface area (Å²) in [5.41, 5.74) is 0. The van der Waals surface area contributed by atoms with Gasteiger partial charge in [-0.15, -0.1) is 0 Å². The molecule has 11 heavy (non-hydrogen) atoms. The van der Waals surface area contributed by atoms with Crippen LogP contribution in [0.3, 0.4) is 0 Å². The predicted octanol–water partition coefficient (Wildman–Crippen LogP) is 0.822. The van der Waals surface area contributed by atoms with Crippen LogP contribution < -0.4 is 0 Å². The van der Waals surface area contributed by atoms with E-state index in [2.05, 4.69) is 4.99 Å². The van der Waals surface area contributed by atoms with E-state index in [-0.39, 0.29) is 5.92 Å². The molecule has 0 spiro atoms. The Balaban J connectivity index is 4.32. The van der Waals surface area contributed by atoms with Gasteiger partial charge >= 0.3 is 5.97 Å². The number of carbonyl (C=O) groups excluding carboxylic acids is 1. The number of aliphatic carboxylic acids is 1. The summed E-state index contributed by atoms with van der Waals surface area (Å²) in [4.78, 5) is 23.4. The minimum atomic E-state index is -1.07. The van der Waals surface area contributed by atoms with Gasteiger partial charge in [-0.3, -0.25) is 0 Å². The molecule has 0 aromatic carbocycles. The average Bonchev–Trinajstić information content (AvgIpc) is 1.98. The molecule has 0 aliphatic rings. The average molecular weight is 157 g/mol. The van der Waals surface area contributed by atoms with Crippen molar-refractivity contribution in [2.45, 2.75) is 26.3 Å². The van der Waals surface area contributed by atoms with Crippen LogP contribution in [0.25, 0.3) is 0 Å². The highest BCUT2D eigenvalue weighted by Crippen LogP contribution is 2.10. The zero-order valence-electron chi connectivity index (χ0n) is 6.57. The van der Waals surface area contributed by atoms with Crippen molar-refractivity contribution in [1.29, 1.82) is 0 Å². The molecule has 0 aromatic rings. The van der Waals surface area contributed by atoms with Crippen LogP contribution in [-0.4, -0.2) is 23.2 Å². The first-order valence-corrected chi connectivity index (χ1v) is 3.43. The lowest BCUT2D eigenvalue weighted by Crippen LogP contribution is -2.25. The summed E-state index contributed by atoms with van der Waals surface area (Å²) in [6.45, 7) is 3.58. The van der Waals surface area contributed by atoms with E-state index < -0.39 is 12.0 Å². The molecule has 0 radical (unpaired) electrons. The second kappa shape index (κ2) is 4.63. The van der Waals surface area contributed by atoms with Crippen LogP contribution in [0.2, 0.25) is 0 Å². The monoisotopic (exact) mass is 157 g/mol. The topological polar surface area (TPSA) is 66.7 Å². The van der Waals surface area contributed by atoms with Gasteiger partial charge in [-0.1, -0.05) is 20.3 Å². The molecule has 0 heterocycles. The van der Waals surface area contributed by atoms with E-state index in [9.17, 15) is 9.59 Å². The van der Waals surface area contributed by atoms with Gasteiger partial charge in [0.1, 0.15) is 0 Å². The molecule has 62 valence electrons. The molecule has 4 heteroatoms. The van der Waals surface area contributed by atoms with Crippen molar-refractivity contribution in [1.82, 2.24) is 0 Å². The second-order valence-electron chi connectivity index (χ2n) is 2.39. The van der Waals surface area contributed by atoms with Gasteiger partial charge in [0, 0.05) is 0 Å². The van der Waals surface area contributed by atoms with Crippen LogP contribution in [0, 0.1) is 5.92 Å². The molecule has 0 bridgehead atoms. The molecule has 2 atom stereocenters. The standard InChI is InChI=1S/C7H11NO3/c1-3-5(2)6(7(10)11)8-4-9/h5-6H,3H2,1-2H3,(H,10,11)/t5-,6?/m0/s1. The summed E-state index contributed by atoms with van der Waals surface area (Å²) in [6.07, 6.45) is 1.94. The fraction of sp³-hybridized carbons (Fsp3) is 0.714. The van der Waals surface area contributed by atoms with Gasteiger partial charge in [-0.2, -0.15) is 4.99 Å². The third kappa shape index (κ3) is 2.96. The largest absolute Gasteiger partial charge is 0.480 e. The fourth-order valence-corrected chi connectivity index (χ4v) is 0.706. The normalized spacial score (nSPS) is 14.7. The van der Waals surface area contributed by atoms with Crippen molar-refractivity contribution in [2.24, 2.45) is 10.9 Å². The maximum absolute atomic E-state index is 10.4. The zero-order chi connectivity index (χ0) is 8.85. The van der Waals surface area contributed by atoms with E-state index in [4.69, 9.17) is 5.11 Å². The smallest absolute Gasteiger partial charge is 0.329 e. The molecule has 0 amide bonds. The van der Waals surface area contributed by atoms with Crippen molar-refractivity contribution in [3.63, 3.8) is 0 Å². The first-order valence-electron chi connectivity index (χ1n) is 3.43. The first kappa shape index (κ1) is 9.85. The van der Waals surface area contributed by atoms with Gasteiger partial charge in [0.2, 0.25) is 6.08 Å². The Morgan fingerprint density at radius 3 is 2.55 bits per heavy atom. The van der Waals surface area contributed by atoms with Gasteiger partial charge in [-0.25, -0.2) is 9.59 Å². The van der Waals surface area contributed by atoms with Gasteiger partial charge in [0.25, 0.3) is 0 Å². The summed E-state index contributed by atoms with van der Waals surface area (Å²) in [5, 5.41) is 8.53. The number of aliphatic imine (C=N–C) groups is 1. The van der Waals surface area contributed by atoms with Gasteiger partial charge in [-0.05, 0) is 5.92 Å². The Bertz CT molecular complexity index is 182. The number of carbonyl (C=O) groups is 1. The maximum atomic E-state index is 10.4. The highest BCUT2D eigenvalue weighted by Gasteiger charge is 2.22. The summed E-state index contributed by atoms with van der Waals surface area (Å²) >= 11 is 0. The van der Waals surface area contributed by atoms with Crippen LogP contribution in [0.15, 0.2) is 4.99 Å². The third-order valence-electron chi connectivity index (χ3n) is 1.63. The minimum Gasteiger partial charge on any atom is -0.480 e. The lowest BCUT2D eigenvalue weighted by Gasteiger charge is -2.11. The number of rotatable bonds is 4. The quantitative estimate of drug-likeness (QED) is 0.485. The molecule has 0 rings (SSSR count). The molecule has 0 saturated carbocycles. The molecule has 4 nitrogen and oxygen atoms in total. The van der Waals surface area contributed by atoms with E-state index >= 15 is 0 Å². The lowest BCUT2D eigenvalue weighted by molar-refractivity contribution is -0.139. The van der Waals surface area contributed by atoms with Crippen molar-refractivity contribution < 1.29 is 14.7 Å². The van der Waals surface area contributed by atoms with Crippen LogP contribution in [-0.2, 0) is 9.59 Å². The molecule has 0 aliphatic carbocycles. The molecular weight excluding hydrogens is 146 g/mol. The maximum Gasteiger partial charge on any atom is 0.329 e. The number of carboxylic acid groups (broad SMARTS) is 1. The molecule has 0 aliphatic heterocycles. The molecular formula is C7H11NO3. The van der Waals surface area contributed by atoms with Crippen LogP contribution in [0.4, 0.5) is 0 Å². The zero-order valence-corrected chi connectivity index (χ0v) is 6.57. The van der Waals surface area contributed by atoms with Crippen molar-refractivity contribution in [3.05, 3.63) is 0 Å².